The van der Waals surface area contributed by atoms with Gasteiger partial charge < -0.3 is 19.7 Å². The van der Waals surface area contributed by atoms with Gasteiger partial charge in [0.15, 0.2) is 22.6 Å². The Morgan fingerprint density at radius 2 is 1.92 bits per heavy atom. The molecule has 0 aromatic carbocycles. The zero-order valence-corrected chi connectivity index (χ0v) is 22.4. The molecule has 2 aromatic heterocycles. The van der Waals surface area contributed by atoms with Crippen LogP contribution in [-0.2, 0) is 9.47 Å². The van der Waals surface area contributed by atoms with E-state index in [1.54, 1.807) is 0 Å². The van der Waals surface area contributed by atoms with Crippen molar-refractivity contribution < 1.29 is 28.9 Å². The summed E-state index contributed by atoms with van der Waals surface area (Å²) in [5.74, 6) is 2.14. The molecule has 0 saturated carbocycles. The van der Waals surface area contributed by atoms with Gasteiger partial charge in [0.1, 0.15) is 18.4 Å². The van der Waals surface area contributed by atoms with Gasteiger partial charge in [-0.25, -0.2) is 9.78 Å². The summed E-state index contributed by atoms with van der Waals surface area (Å²) in [5, 5.41) is 22.4. The molecule has 11 heteroatoms. The van der Waals surface area contributed by atoms with E-state index in [0.717, 1.165) is 19.3 Å². The fraction of sp³-hybridized carbons (Fsp3) is 0.704. The fourth-order valence-electron chi connectivity index (χ4n) is 4.71. The number of nitrogens with one attached hydrogen (secondary N) is 1. The Hall–Kier alpha value is -2.81. The molecule has 1 aliphatic rings. The summed E-state index contributed by atoms with van der Waals surface area (Å²) >= 11 is 0. The monoisotopic (exact) mass is 533 g/mol. The number of rotatable bonds is 15. The number of carbonyl (C=O) groups excluding carboxylic acids is 1. The fourth-order valence-corrected chi connectivity index (χ4v) is 4.71. The topological polar surface area (TPSA) is 132 Å². The van der Waals surface area contributed by atoms with E-state index in [2.05, 4.69) is 33.1 Å². The highest BCUT2D eigenvalue weighted by atomic mass is 19.1. The largest absolute Gasteiger partial charge is 0.446 e. The average molecular weight is 534 g/mol. The van der Waals surface area contributed by atoms with Crippen LogP contribution in [0.2, 0.25) is 0 Å². The van der Waals surface area contributed by atoms with Crippen molar-refractivity contribution in [2.45, 2.75) is 115 Å². The van der Waals surface area contributed by atoms with Crippen LogP contribution in [0.3, 0.4) is 0 Å². The van der Waals surface area contributed by atoms with E-state index >= 15 is 0 Å². The van der Waals surface area contributed by atoms with E-state index < -0.39 is 36.7 Å². The average Bonchev–Trinajstić information content (AvgIpc) is 3.46. The van der Waals surface area contributed by atoms with Crippen molar-refractivity contribution in [2.75, 3.05) is 11.9 Å². The first kappa shape index (κ1) is 29.7. The second kappa shape index (κ2) is 14.4. The van der Waals surface area contributed by atoms with E-state index in [4.69, 9.17) is 15.9 Å². The summed E-state index contributed by atoms with van der Waals surface area (Å²) < 4.78 is 26.8. The normalized spacial score (nSPS) is 21.9. The number of anilines is 1. The van der Waals surface area contributed by atoms with Crippen LogP contribution in [-0.4, -0.2) is 60.2 Å². The number of aliphatic hydroxyl groups is 2. The van der Waals surface area contributed by atoms with Crippen molar-refractivity contribution >= 4 is 23.1 Å². The summed E-state index contributed by atoms with van der Waals surface area (Å²) in [6, 6.07) is 0. The molecule has 3 heterocycles. The maximum absolute atomic E-state index is 14.3. The first-order valence-corrected chi connectivity index (χ1v) is 13.7. The molecule has 10 nitrogen and oxygen atoms in total. The van der Waals surface area contributed by atoms with Crippen molar-refractivity contribution in [3.8, 4) is 12.3 Å². The van der Waals surface area contributed by atoms with Crippen LogP contribution < -0.4 is 5.32 Å². The first-order chi connectivity index (χ1) is 18.3. The quantitative estimate of drug-likeness (QED) is 0.168. The number of hydrogen-bond donors (Lipinski definition) is 3. The maximum Gasteiger partial charge on any atom is 0.413 e. The van der Waals surface area contributed by atoms with Gasteiger partial charge in [0, 0.05) is 6.42 Å². The minimum Gasteiger partial charge on any atom is -0.446 e. The van der Waals surface area contributed by atoms with Crippen LogP contribution in [0, 0.1) is 18.4 Å². The van der Waals surface area contributed by atoms with E-state index in [1.807, 2.05) is 6.92 Å². The molecule has 4 atom stereocenters. The van der Waals surface area contributed by atoms with Crippen molar-refractivity contribution in [2.24, 2.45) is 0 Å². The second-order valence-electron chi connectivity index (χ2n) is 9.99. The smallest absolute Gasteiger partial charge is 0.413 e. The molecular weight excluding hydrogens is 493 g/mol. The number of unbranched alkanes of at least 4 members (excludes halogenated alkanes) is 9. The standard InChI is InChI=1S/C27H40FN5O5/c1-4-6-7-8-9-10-11-12-13-14-15-19(3)37-26(36)31-23-22-24(32-25(28)30-23)33(18-29-22)21-16-20(35)27(5-2,17-34)38-21/h2,18-21,34-35H,4,6-17H2,1,3H3,(H,30,31,32,36)/t19?,20-,21+,27+/m0/s1. The molecule has 38 heavy (non-hydrogen) atoms. The number of imidazole rings is 1. The Morgan fingerprint density at radius 3 is 2.53 bits per heavy atom. The number of aromatic nitrogens is 4. The Balaban J connectivity index is 1.49. The number of fused-ring (bicyclic) bond motifs is 1. The summed E-state index contributed by atoms with van der Waals surface area (Å²) in [6.45, 7) is 3.45. The molecule has 0 bridgehead atoms. The lowest BCUT2D eigenvalue weighted by Crippen LogP contribution is -2.41. The molecule has 3 N–H and O–H groups in total. The number of nitrogens with zero attached hydrogens (tertiary/aromatic N) is 4. The number of halogens is 1. The number of terminal acetylenes is 1. The Labute approximate surface area is 223 Å². The summed E-state index contributed by atoms with van der Waals surface area (Å²) in [5.41, 5.74) is -1.43. The van der Waals surface area contributed by atoms with Crippen LogP contribution in [0.15, 0.2) is 6.33 Å². The van der Waals surface area contributed by atoms with Crippen LogP contribution in [0.5, 0.6) is 0 Å². The molecule has 1 unspecified atom stereocenters. The number of hydrogen-bond acceptors (Lipinski definition) is 8. The van der Waals surface area contributed by atoms with Crippen LogP contribution in [0.25, 0.3) is 11.2 Å². The number of aliphatic hydroxyl groups excluding tert-OH is 2. The first-order valence-electron chi connectivity index (χ1n) is 13.7. The van der Waals surface area contributed by atoms with E-state index in [9.17, 15) is 19.4 Å². The predicted molar refractivity (Wildman–Crippen MR) is 141 cm³/mol. The summed E-state index contributed by atoms with van der Waals surface area (Å²) in [6.07, 6.45) is 15.7. The van der Waals surface area contributed by atoms with Crippen molar-refractivity contribution in [3.63, 3.8) is 0 Å². The third-order valence-electron chi connectivity index (χ3n) is 6.99. The molecule has 210 valence electrons. The highest BCUT2D eigenvalue weighted by molar-refractivity contribution is 5.93. The third-order valence-corrected chi connectivity index (χ3v) is 6.99. The van der Waals surface area contributed by atoms with Crippen LogP contribution in [0.4, 0.5) is 15.0 Å². The molecule has 2 aromatic rings. The van der Waals surface area contributed by atoms with Crippen LogP contribution >= 0.6 is 0 Å². The van der Waals surface area contributed by atoms with Gasteiger partial charge in [0.2, 0.25) is 0 Å². The molecule has 1 amide bonds. The number of amides is 1. The predicted octanol–water partition coefficient (Wildman–Crippen LogP) is 4.86. The summed E-state index contributed by atoms with van der Waals surface area (Å²) in [7, 11) is 0. The molecule has 1 aliphatic heterocycles. The number of ether oxygens (including phenoxy) is 2. The van der Waals surface area contributed by atoms with E-state index in [1.165, 1.54) is 62.3 Å². The Morgan fingerprint density at radius 1 is 1.26 bits per heavy atom. The van der Waals surface area contributed by atoms with Gasteiger partial charge >= 0.3 is 12.2 Å². The van der Waals surface area contributed by atoms with Gasteiger partial charge in [-0.1, -0.05) is 70.6 Å². The molecule has 3 rings (SSSR count). The van der Waals surface area contributed by atoms with Gasteiger partial charge in [-0.05, 0) is 19.8 Å². The minimum absolute atomic E-state index is 0.0309. The van der Waals surface area contributed by atoms with Gasteiger partial charge in [0.05, 0.1) is 12.9 Å². The van der Waals surface area contributed by atoms with Crippen molar-refractivity contribution in [1.29, 1.82) is 0 Å². The van der Waals surface area contributed by atoms with Gasteiger partial charge in [-0.2, -0.15) is 14.4 Å². The van der Waals surface area contributed by atoms with Gasteiger partial charge in [0.25, 0.3) is 0 Å². The zero-order valence-electron chi connectivity index (χ0n) is 22.4. The molecular formula is C27H40FN5O5. The van der Waals surface area contributed by atoms with Gasteiger partial charge in [-0.3, -0.25) is 9.88 Å². The number of carbonyl (C=O) groups is 1. The Bertz CT molecular complexity index is 1090. The zero-order chi connectivity index (χ0) is 27.5. The van der Waals surface area contributed by atoms with Crippen molar-refractivity contribution in [1.82, 2.24) is 19.5 Å². The molecule has 0 aliphatic carbocycles. The highest BCUT2D eigenvalue weighted by Crippen LogP contribution is 2.37. The third kappa shape index (κ3) is 7.62. The van der Waals surface area contributed by atoms with Crippen molar-refractivity contribution in [3.05, 3.63) is 12.4 Å². The van der Waals surface area contributed by atoms with E-state index in [0.29, 0.717) is 0 Å². The lowest BCUT2D eigenvalue weighted by Gasteiger charge is -2.23. The maximum atomic E-state index is 14.3. The van der Waals surface area contributed by atoms with E-state index in [-0.39, 0.29) is 29.5 Å². The summed E-state index contributed by atoms with van der Waals surface area (Å²) in [4.78, 5) is 24.1. The van der Waals surface area contributed by atoms with Crippen LogP contribution in [0.1, 0.15) is 97.1 Å². The molecule has 0 spiro atoms. The minimum atomic E-state index is -1.58. The molecule has 0 radical (unpaired) electrons. The second-order valence-corrected chi connectivity index (χ2v) is 9.99. The lowest BCUT2D eigenvalue weighted by molar-refractivity contribution is -0.0891. The molecule has 1 fully saturated rings. The lowest BCUT2D eigenvalue weighted by atomic mass is 9.99. The highest BCUT2D eigenvalue weighted by Gasteiger charge is 2.47. The SMILES string of the molecule is C#C[C@]1(CO)O[C@@H](n2cnc3c(NC(=O)OC(C)CCCCCCCCCCCC)nc(F)nc32)C[C@@H]1O. The Kier molecular flexibility index (Phi) is 11.2. The van der Waals surface area contributed by atoms with Gasteiger partial charge in [-0.15, -0.1) is 6.42 Å². The molecule has 1 saturated heterocycles.